The average molecular weight is 268 g/mol. The maximum absolute atomic E-state index is 11.9. The van der Waals surface area contributed by atoms with Crippen molar-refractivity contribution in [2.75, 3.05) is 7.11 Å². The second-order valence-electron chi connectivity index (χ2n) is 4.72. The van der Waals surface area contributed by atoms with E-state index < -0.39 is 0 Å². The number of nitrogens with zero attached hydrogens (tertiary/aromatic N) is 1. The van der Waals surface area contributed by atoms with Crippen molar-refractivity contribution < 1.29 is 9.53 Å². The van der Waals surface area contributed by atoms with Crippen LogP contribution in [0.25, 0.3) is 0 Å². The molecule has 1 aliphatic carbocycles. The third-order valence-corrected chi connectivity index (χ3v) is 4.27. The van der Waals surface area contributed by atoms with E-state index in [9.17, 15) is 4.79 Å². The van der Waals surface area contributed by atoms with E-state index in [0.29, 0.717) is 6.04 Å². The van der Waals surface area contributed by atoms with Crippen molar-refractivity contribution in [2.45, 2.75) is 50.6 Å². The van der Waals surface area contributed by atoms with Crippen molar-refractivity contribution in [3.63, 3.8) is 0 Å². The standard InChI is InChI=1S/C13H20N2O2S/c1-17-13(16)12(11-8-14-9-18-11)15-10-6-4-2-3-5-7-10/h8-10,12,15H,2-7H2,1H3. The Balaban J connectivity index is 2.02. The highest BCUT2D eigenvalue weighted by Crippen LogP contribution is 2.23. The third-order valence-electron chi connectivity index (χ3n) is 3.43. The molecule has 1 N–H and O–H groups in total. The monoisotopic (exact) mass is 268 g/mol. The highest BCUT2D eigenvalue weighted by Gasteiger charge is 2.26. The number of esters is 1. The highest BCUT2D eigenvalue weighted by molar-refractivity contribution is 7.09. The molecule has 1 atom stereocenters. The Morgan fingerprint density at radius 1 is 1.44 bits per heavy atom. The number of thiazole rings is 1. The lowest BCUT2D eigenvalue weighted by molar-refractivity contribution is -0.143. The van der Waals surface area contributed by atoms with Gasteiger partial charge in [-0.1, -0.05) is 25.7 Å². The molecular formula is C13H20N2O2S. The molecule has 18 heavy (non-hydrogen) atoms. The van der Waals surface area contributed by atoms with Gasteiger partial charge < -0.3 is 4.74 Å². The zero-order valence-electron chi connectivity index (χ0n) is 10.7. The normalized spacial score (nSPS) is 19.2. The van der Waals surface area contributed by atoms with Crippen molar-refractivity contribution in [3.8, 4) is 0 Å². The molecule has 0 bridgehead atoms. The van der Waals surface area contributed by atoms with E-state index in [0.717, 1.165) is 17.7 Å². The summed E-state index contributed by atoms with van der Waals surface area (Å²) in [7, 11) is 1.44. The van der Waals surface area contributed by atoms with Crippen molar-refractivity contribution in [1.29, 1.82) is 0 Å². The Bertz CT molecular complexity index is 359. The van der Waals surface area contributed by atoms with E-state index in [1.165, 1.54) is 44.1 Å². The summed E-state index contributed by atoms with van der Waals surface area (Å²) in [6.07, 6.45) is 9.14. The van der Waals surface area contributed by atoms with Gasteiger partial charge in [0, 0.05) is 12.2 Å². The summed E-state index contributed by atoms with van der Waals surface area (Å²) in [4.78, 5) is 16.8. The maximum Gasteiger partial charge on any atom is 0.328 e. The van der Waals surface area contributed by atoms with Crippen LogP contribution in [0.2, 0.25) is 0 Å². The highest BCUT2D eigenvalue weighted by atomic mass is 32.1. The van der Waals surface area contributed by atoms with Gasteiger partial charge >= 0.3 is 5.97 Å². The number of aromatic nitrogens is 1. The van der Waals surface area contributed by atoms with Crippen molar-refractivity contribution in [2.24, 2.45) is 0 Å². The molecule has 0 amide bonds. The molecule has 1 saturated carbocycles. The lowest BCUT2D eigenvalue weighted by atomic mass is 10.1. The zero-order chi connectivity index (χ0) is 12.8. The second-order valence-corrected chi connectivity index (χ2v) is 5.63. The summed E-state index contributed by atoms with van der Waals surface area (Å²) in [6, 6.07) is 0.0595. The summed E-state index contributed by atoms with van der Waals surface area (Å²) in [5.41, 5.74) is 1.75. The van der Waals surface area contributed by atoms with Crippen LogP contribution in [0.5, 0.6) is 0 Å². The van der Waals surface area contributed by atoms with Crippen molar-refractivity contribution in [3.05, 3.63) is 16.6 Å². The van der Waals surface area contributed by atoms with Gasteiger partial charge in [0.25, 0.3) is 0 Å². The molecule has 0 radical (unpaired) electrons. The van der Waals surface area contributed by atoms with Crippen LogP contribution in [-0.4, -0.2) is 24.1 Å². The number of ether oxygens (including phenoxy) is 1. The molecule has 0 aromatic carbocycles. The van der Waals surface area contributed by atoms with Crippen LogP contribution in [0.15, 0.2) is 11.7 Å². The summed E-state index contributed by atoms with van der Waals surface area (Å²) in [6.45, 7) is 0. The summed E-state index contributed by atoms with van der Waals surface area (Å²) in [5, 5.41) is 3.44. The first-order chi connectivity index (χ1) is 8.81. The van der Waals surface area contributed by atoms with Gasteiger partial charge in [0.05, 0.1) is 17.5 Å². The number of rotatable bonds is 4. The Hall–Kier alpha value is -0.940. The largest absolute Gasteiger partial charge is 0.468 e. The number of methoxy groups -OCH3 is 1. The Morgan fingerprint density at radius 3 is 2.72 bits per heavy atom. The van der Waals surface area contributed by atoms with E-state index in [4.69, 9.17) is 4.74 Å². The molecule has 0 saturated heterocycles. The zero-order valence-corrected chi connectivity index (χ0v) is 11.5. The lowest BCUT2D eigenvalue weighted by Crippen LogP contribution is -2.37. The summed E-state index contributed by atoms with van der Waals surface area (Å²) < 4.78 is 4.89. The van der Waals surface area contributed by atoms with Gasteiger partial charge in [-0.05, 0) is 12.8 Å². The van der Waals surface area contributed by atoms with Gasteiger partial charge in [-0.25, -0.2) is 4.79 Å². The van der Waals surface area contributed by atoms with Gasteiger partial charge in [-0.2, -0.15) is 0 Å². The van der Waals surface area contributed by atoms with E-state index in [1.54, 1.807) is 11.7 Å². The fraction of sp³-hybridized carbons (Fsp3) is 0.692. The van der Waals surface area contributed by atoms with Crippen LogP contribution in [0.1, 0.15) is 49.4 Å². The van der Waals surface area contributed by atoms with Crippen LogP contribution < -0.4 is 5.32 Å². The maximum atomic E-state index is 11.9. The second kappa shape index (κ2) is 6.85. The number of carbonyl (C=O) groups is 1. The lowest BCUT2D eigenvalue weighted by Gasteiger charge is -2.22. The summed E-state index contributed by atoms with van der Waals surface area (Å²) >= 11 is 1.49. The van der Waals surface area contributed by atoms with Crippen LogP contribution in [0.4, 0.5) is 0 Å². The average Bonchev–Trinajstić information content (AvgIpc) is 2.79. The number of hydrogen-bond acceptors (Lipinski definition) is 5. The Kier molecular flexibility index (Phi) is 5.13. The van der Waals surface area contributed by atoms with Crippen LogP contribution in [0, 0.1) is 0 Å². The first kappa shape index (κ1) is 13.5. The fourth-order valence-corrected chi connectivity index (χ4v) is 3.10. The van der Waals surface area contributed by atoms with Crippen molar-refractivity contribution in [1.82, 2.24) is 10.3 Å². The van der Waals surface area contributed by atoms with E-state index in [-0.39, 0.29) is 12.0 Å². The van der Waals surface area contributed by atoms with Crippen LogP contribution in [-0.2, 0) is 9.53 Å². The van der Waals surface area contributed by atoms with Crippen LogP contribution in [0.3, 0.4) is 0 Å². The van der Waals surface area contributed by atoms with Gasteiger partial charge in [-0.3, -0.25) is 10.3 Å². The Morgan fingerprint density at radius 2 is 2.17 bits per heavy atom. The molecule has 1 unspecified atom stereocenters. The molecule has 4 nitrogen and oxygen atoms in total. The molecule has 0 aliphatic heterocycles. The number of carbonyl (C=O) groups excluding carboxylic acids is 1. The van der Waals surface area contributed by atoms with Crippen LogP contribution >= 0.6 is 11.3 Å². The molecule has 1 aliphatic rings. The van der Waals surface area contributed by atoms with E-state index in [2.05, 4.69) is 10.3 Å². The van der Waals surface area contributed by atoms with Gasteiger partial charge in [0.15, 0.2) is 0 Å². The minimum atomic E-state index is -0.356. The first-order valence-electron chi connectivity index (χ1n) is 6.53. The SMILES string of the molecule is COC(=O)C(NC1CCCCCC1)c1cncs1. The van der Waals surface area contributed by atoms with Gasteiger partial charge in [0.2, 0.25) is 0 Å². The smallest absolute Gasteiger partial charge is 0.328 e. The van der Waals surface area contributed by atoms with Gasteiger partial charge in [-0.15, -0.1) is 11.3 Å². The van der Waals surface area contributed by atoms with E-state index >= 15 is 0 Å². The van der Waals surface area contributed by atoms with Gasteiger partial charge in [0.1, 0.15) is 6.04 Å². The molecule has 2 rings (SSSR count). The number of nitrogens with one attached hydrogen (secondary N) is 1. The van der Waals surface area contributed by atoms with E-state index in [1.807, 2.05) is 0 Å². The fourth-order valence-electron chi connectivity index (χ4n) is 2.43. The molecule has 1 aromatic heterocycles. The Labute approximate surface area is 112 Å². The topological polar surface area (TPSA) is 51.2 Å². The molecule has 100 valence electrons. The predicted octanol–water partition coefficient (Wildman–Crippen LogP) is 2.67. The molecule has 1 fully saturated rings. The van der Waals surface area contributed by atoms with Crippen molar-refractivity contribution >= 4 is 17.3 Å². The molecular weight excluding hydrogens is 248 g/mol. The quantitative estimate of drug-likeness (QED) is 0.674. The first-order valence-corrected chi connectivity index (χ1v) is 7.41. The summed E-state index contributed by atoms with van der Waals surface area (Å²) in [5.74, 6) is -0.219. The minimum absolute atomic E-state index is 0.219. The molecule has 0 spiro atoms. The molecule has 5 heteroatoms. The third kappa shape index (κ3) is 3.53. The molecule has 1 heterocycles. The molecule has 1 aromatic rings. The number of hydrogen-bond donors (Lipinski definition) is 1. The predicted molar refractivity (Wildman–Crippen MR) is 71.5 cm³/mol. The minimum Gasteiger partial charge on any atom is -0.468 e.